The molecule has 0 aliphatic rings. The van der Waals surface area contributed by atoms with Crippen molar-refractivity contribution in [3.8, 4) is 0 Å². The highest BCUT2D eigenvalue weighted by Gasteiger charge is 2.33. The predicted octanol–water partition coefficient (Wildman–Crippen LogP) is 3.06. The van der Waals surface area contributed by atoms with Crippen molar-refractivity contribution in [2.24, 2.45) is 0 Å². The molecule has 5 heteroatoms. The summed E-state index contributed by atoms with van der Waals surface area (Å²) in [6, 6.07) is 0.919. The summed E-state index contributed by atoms with van der Waals surface area (Å²) in [5, 5.41) is -0.367. The Morgan fingerprint density at radius 1 is 1.42 bits per heavy atom. The molecule has 1 aromatic heterocycles. The van der Waals surface area contributed by atoms with Crippen molar-refractivity contribution >= 4 is 11.6 Å². The lowest BCUT2D eigenvalue weighted by atomic mass is 10.2. The van der Waals surface area contributed by atoms with Crippen molar-refractivity contribution in [3.05, 3.63) is 28.5 Å². The predicted molar refractivity (Wildman–Crippen MR) is 39.0 cm³/mol. The second-order valence-corrected chi connectivity index (χ2v) is 2.71. The first-order valence-electron chi connectivity index (χ1n) is 3.10. The number of alkyl halides is 3. The van der Waals surface area contributed by atoms with Crippen molar-refractivity contribution in [3.63, 3.8) is 0 Å². The zero-order chi connectivity index (χ0) is 9.35. The van der Waals surface area contributed by atoms with Gasteiger partial charge in [0.15, 0.2) is 0 Å². The normalized spacial score (nSPS) is 11.8. The lowest BCUT2D eigenvalue weighted by molar-refractivity contribution is -0.137. The Labute approximate surface area is 72.2 Å². The van der Waals surface area contributed by atoms with E-state index in [0.29, 0.717) is 5.69 Å². The molecular weight excluding hydrogens is 191 g/mol. The smallest absolute Gasteiger partial charge is 0.260 e. The van der Waals surface area contributed by atoms with Gasteiger partial charge in [0.1, 0.15) is 0 Å². The summed E-state index contributed by atoms with van der Waals surface area (Å²) >= 11 is 5.30. The first-order valence-corrected chi connectivity index (χ1v) is 3.48. The molecule has 0 bridgehead atoms. The van der Waals surface area contributed by atoms with Gasteiger partial charge in [-0.05, 0) is 13.0 Å². The molecule has 1 nitrogen and oxygen atoms in total. The van der Waals surface area contributed by atoms with Crippen molar-refractivity contribution in [1.29, 1.82) is 0 Å². The maximum Gasteiger partial charge on any atom is 0.417 e. The lowest BCUT2D eigenvalue weighted by Crippen LogP contribution is -2.06. The van der Waals surface area contributed by atoms with Crippen LogP contribution in [0.5, 0.6) is 0 Å². The number of pyridine rings is 1. The van der Waals surface area contributed by atoms with E-state index in [9.17, 15) is 13.2 Å². The highest BCUT2D eigenvalue weighted by atomic mass is 35.5. The Hall–Kier alpha value is -0.770. The van der Waals surface area contributed by atoms with Gasteiger partial charge in [-0.25, -0.2) is 0 Å². The Morgan fingerprint density at radius 3 is 2.42 bits per heavy atom. The number of nitrogens with zero attached hydrogens (tertiary/aromatic N) is 1. The van der Waals surface area contributed by atoms with Gasteiger partial charge in [-0.3, -0.25) is 4.98 Å². The largest absolute Gasteiger partial charge is 0.417 e. The summed E-state index contributed by atoms with van der Waals surface area (Å²) in [5.74, 6) is 0. The van der Waals surface area contributed by atoms with Gasteiger partial charge in [-0.2, -0.15) is 13.2 Å². The molecular formula is C7H5ClF3N. The molecule has 0 N–H and O–H groups in total. The SMILES string of the molecule is Cc1cc(C(F)(F)F)c(Cl)cn1. The summed E-state index contributed by atoms with van der Waals surface area (Å²) in [4.78, 5) is 3.62. The molecule has 1 aromatic rings. The van der Waals surface area contributed by atoms with E-state index in [2.05, 4.69) is 4.98 Å². The van der Waals surface area contributed by atoms with Crippen molar-refractivity contribution in [1.82, 2.24) is 4.98 Å². The van der Waals surface area contributed by atoms with E-state index >= 15 is 0 Å². The van der Waals surface area contributed by atoms with Gasteiger partial charge in [-0.1, -0.05) is 11.6 Å². The third-order valence-corrected chi connectivity index (χ3v) is 1.60. The van der Waals surface area contributed by atoms with E-state index in [1.807, 2.05) is 0 Å². The van der Waals surface area contributed by atoms with Crippen LogP contribution >= 0.6 is 11.6 Å². The van der Waals surface area contributed by atoms with E-state index in [-0.39, 0.29) is 5.02 Å². The summed E-state index contributed by atoms with van der Waals surface area (Å²) < 4.78 is 36.3. The molecule has 0 atom stereocenters. The summed E-state index contributed by atoms with van der Waals surface area (Å²) in [6.07, 6.45) is -3.40. The van der Waals surface area contributed by atoms with Gasteiger partial charge in [0, 0.05) is 11.9 Å². The highest BCUT2D eigenvalue weighted by molar-refractivity contribution is 6.31. The van der Waals surface area contributed by atoms with Crippen LogP contribution in [0, 0.1) is 6.92 Å². The Balaban J connectivity index is 3.23. The number of rotatable bonds is 0. The molecule has 0 unspecified atom stereocenters. The average molecular weight is 196 g/mol. The van der Waals surface area contributed by atoms with Crippen LogP contribution in [0.2, 0.25) is 5.02 Å². The molecule has 0 saturated heterocycles. The zero-order valence-corrected chi connectivity index (χ0v) is 6.87. The van der Waals surface area contributed by atoms with E-state index in [0.717, 1.165) is 12.3 Å². The number of halogens is 4. The molecule has 66 valence electrons. The van der Waals surface area contributed by atoms with Crippen LogP contribution in [0.25, 0.3) is 0 Å². The molecule has 0 amide bonds. The van der Waals surface area contributed by atoms with Gasteiger partial charge in [0.05, 0.1) is 10.6 Å². The molecule has 1 rings (SSSR count). The van der Waals surface area contributed by atoms with Crippen LogP contribution in [-0.2, 0) is 6.18 Å². The van der Waals surface area contributed by atoms with E-state index < -0.39 is 11.7 Å². The minimum atomic E-state index is -4.40. The Morgan fingerprint density at radius 2 is 2.00 bits per heavy atom. The van der Waals surface area contributed by atoms with Gasteiger partial charge in [0.25, 0.3) is 0 Å². The van der Waals surface area contributed by atoms with Gasteiger partial charge < -0.3 is 0 Å². The molecule has 1 heterocycles. The van der Waals surface area contributed by atoms with E-state index in [1.165, 1.54) is 6.92 Å². The topological polar surface area (TPSA) is 12.9 Å². The lowest BCUT2D eigenvalue weighted by Gasteiger charge is -2.08. The van der Waals surface area contributed by atoms with Crippen LogP contribution in [-0.4, -0.2) is 4.98 Å². The second-order valence-electron chi connectivity index (χ2n) is 2.30. The van der Waals surface area contributed by atoms with Gasteiger partial charge >= 0.3 is 6.18 Å². The number of hydrogen-bond acceptors (Lipinski definition) is 1. The molecule has 0 aliphatic carbocycles. The molecule has 0 spiro atoms. The summed E-state index contributed by atoms with van der Waals surface area (Å²) in [6.45, 7) is 1.48. The Bertz CT molecular complexity index is 295. The first-order chi connectivity index (χ1) is 5.41. The number of aryl methyl sites for hydroxylation is 1. The monoisotopic (exact) mass is 195 g/mol. The minimum Gasteiger partial charge on any atom is -0.260 e. The standard InChI is InChI=1S/C7H5ClF3N/c1-4-2-5(7(9,10)11)6(8)3-12-4/h2-3H,1H3. The summed E-state index contributed by atoms with van der Waals surface area (Å²) in [7, 11) is 0. The molecule has 0 fully saturated rings. The van der Waals surface area contributed by atoms with Crippen LogP contribution < -0.4 is 0 Å². The fourth-order valence-electron chi connectivity index (χ4n) is 0.760. The first kappa shape index (κ1) is 9.32. The Kier molecular flexibility index (Phi) is 2.28. The zero-order valence-electron chi connectivity index (χ0n) is 6.11. The van der Waals surface area contributed by atoms with E-state index in [4.69, 9.17) is 11.6 Å². The van der Waals surface area contributed by atoms with E-state index in [1.54, 1.807) is 0 Å². The fourth-order valence-corrected chi connectivity index (χ4v) is 0.971. The maximum atomic E-state index is 12.1. The molecule has 0 radical (unpaired) electrons. The van der Waals surface area contributed by atoms with Crippen LogP contribution in [0.15, 0.2) is 12.3 Å². The van der Waals surface area contributed by atoms with Crippen LogP contribution in [0.3, 0.4) is 0 Å². The minimum absolute atomic E-state index is 0.298. The molecule has 0 aromatic carbocycles. The van der Waals surface area contributed by atoms with Gasteiger partial charge in [-0.15, -0.1) is 0 Å². The third-order valence-electron chi connectivity index (χ3n) is 1.30. The molecule has 0 aliphatic heterocycles. The number of hydrogen-bond donors (Lipinski definition) is 0. The molecule has 12 heavy (non-hydrogen) atoms. The fraction of sp³-hybridized carbons (Fsp3) is 0.286. The van der Waals surface area contributed by atoms with Crippen molar-refractivity contribution < 1.29 is 13.2 Å². The maximum absolute atomic E-state index is 12.1. The molecule has 0 saturated carbocycles. The average Bonchev–Trinajstić information content (AvgIpc) is 1.92. The van der Waals surface area contributed by atoms with Gasteiger partial charge in [0.2, 0.25) is 0 Å². The second kappa shape index (κ2) is 2.94. The van der Waals surface area contributed by atoms with Crippen molar-refractivity contribution in [2.75, 3.05) is 0 Å². The highest BCUT2D eigenvalue weighted by Crippen LogP contribution is 2.34. The number of aromatic nitrogens is 1. The quantitative estimate of drug-likeness (QED) is 0.620. The van der Waals surface area contributed by atoms with Crippen LogP contribution in [0.1, 0.15) is 11.3 Å². The van der Waals surface area contributed by atoms with Crippen molar-refractivity contribution in [2.45, 2.75) is 13.1 Å². The summed E-state index contributed by atoms with van der Waals surface area (Å²) in [5.41, 5.74) is -0.539. The third kappa shape index (κ3) is 1.88. The van der Waals surface area contributed by atoms with Crippen LogP contribution in [0.4, 0.5) is 13.2 Å².